The van der Waals surface area contributed by atoms with Gasteiger partial charge in [-0.25, -0.2) is 4.98 Å². The number of hydrogen-bond donors (Lipinski definition) is 2. The van der Waals surface area contributed by atoms with Crippen LogP contribution in [0, 0.1) is 6.92 Å². The van der Waals surface area contributed by atoms with Crippen LogP contribution >= 0.6 is 0 Å². The van der Waals surface area contributed by atoms with E-state index in [0.717, 1.165) is 11.3 Å². The van der Waals surface area contributed by atoms with Gasteiger partial charge < -0.3 is 15.3 Å². The van der Waals surface area contributed by atoms with Gasteiger partial charge in [0.15, 0.2) is 0 Å². The molecule has 2 aromatic rings. The maximum Gasteiger partial charge on any atom is 0.226 e. The number of aromatic nitrogens is 1. The summed E-state index contributed by atoms with van der Waals surface area (Å²) in [7, 11) is 0. The van der Waals surface area contributed by atoms with Crippen molar-refractivity contribution in [3.05, 3.63) is 35.7 Å². The first-order valence-corrected chi connectivity index (χ1v) is 4.66. The maximum absolute atomic E-state index is 9.14. The largest absolute Gasteiger partial charge is 0.508 e. The predicted octanol–water partition coefficient (Wildman–Crippen LogP) is 1.81. The zero-order valence-corrected chi connectivity index (χ0v) is 8.40. The first kappa shape index (κ1) is 9.73. The van der Waals surface area contributed by atoms with Gasteiger partial charge in [0.25, 0.3) is 0 Å². The molecule has 4 heteroatoms. The van der Waals surface area contributed by atoms with E-state index in [1.54, 1.807) is 24.3 Å². The Morgan fingerprint density at radius 2 is 2.00 bits per heavy atom. The van der Waals surface area contributed by atoms with Gasteiger partial charge in [0.1, 0.15) is 11.5 Å². The van der Waals surface area contributed by atoms with Crippen molar-refractivity contribution < 1.29 is 9.52 Å². The molecule has 15 heavy (non-hydrogen) atoms. The van der Waals surface area contributed by atoms with Crippen LogP contribution in [0.2, 0.25) is 0 Å². The fourth-order valence-corrected chi connectivity index (χ4v) is 1.34. The number of benzene rings is 1. The monoisotopic (exact) mass is 204 g/mol. The minimum Gasteiger partial charge on any atom is -0.508 e. The van der Waals surface area contributed by atoms with E-state index in [-0.39, 0.29) is 5.75 Å². The zero-order valence-electron chi connectivity index (χ0n) is 8.40. The van der Waals surface area contributed by atoms with Crippen molar-refractivity contribution in [1.29, 1.82) is 0 Å². The Morgan fingerprint density at radius 3 is 2.53 bits per heavy atom. The Labute approximate surface area is 87.4 Å². The minimum absolute atomic E-state index is 0.223. The highest BCUT2D eigenvalue weighted by Crippen LogP contribution is 2.23. The number of nitrogens with zero attached hydrogens (tertiary/aromatic N) is 1. The Bertz CT molecular complexity index is 460. The Kier molecular flexibility index (Phi) is 2.43. The summed E-state index contributed by atoms with van der Waals surface area (Å²) in [6.07, 6.45) is 0. The summed E-state index contributed by atoms with van der Waals surface area (Å²) < 4.78 is 5.47. The highest BCUT2D eigenvalue weighted by molar-refractivity contribution is 5.54. The summed E-state index contributed by atoms with van der Waals surface area (Å²) in [4.78, 5) is 4.25. The summed E-state index contributed by atoms with van der Waals surface area (Å²) in [6, 6.07) is 6.69. The summed E-state index contributed by atoms with van der Waals surface area (Å²) in [5, 5.41) is 9.14. The van der Waals surface area contributed by atoms with Crippen LogP contribution in [0.25, 0.3) is 11.5 Å². The molecule has 3 N–H and O–H groups in total. The van der Waals surface area contributed by atoms with Crippen LogP contribution in [0.4, 0.5) is 0 Å². The van der Waals surface area contributed by atoms with E-state index in [0.29, 0.717) is 18.2 Å². The number of phenolic OH excluding ortho intramolecular Hbond substituents is 1. The lowest BCUT2D eigenvalue weighted by Crippen LogP contribution is -1.95. The number of aromatic hydroxyl groups is 1. The second-order valence-electron chi connectivity index (χ2n) is 3.28. The van der Waals surface area contributed by atoms with Crippen molar-refractivity contribution in [1.82, 2.24) is 4.98 Å². The normalized spacial score (nSPS) is 10.5. The van der Waals surface area contributed by atoms with E-state index >= 15 is 0 Å². The summed E-state index contributed by atoms with van der Waals surface area (Å²) in [5.41, 5.74) is 7.13. The Balaban J connectivity index is 2.41. The minimum atomic E-state index is 0.223. The molecule has 1 aromatic heterocycles. The molecule has 0 bridgehead atoms. The van der Waals surface area contributed by atoms with E-state index in [2.05, 4.69) is 4.98 Å². The van der Waals surface area contributed by atoms with Crippen LogP contribution < -0.4 is 5.73 Å². The summed E-state index contributed by atoms with van der Waals surface area (Å²) in [6.45, 7) is 2.20. The molecule has 0 saturated heterocycles. The number of hydrogen-bond acceptors (Lipinski definition) is 4. The quantitative estimate of drug-likeness (QED) is 0.782. The van der Waals surface area contributed by atoms with Crippen molar-refractivity contribution in [2.24, 2.45) is 5.73 Å². The molecule has 0 aliphatic carbocycles. The molecule has 4 nitrogen and oxygen atoms in total. The smallest absolute Gasteiger partial charge is 0.226 e. The standard InChI is InChI=1S/C11H12N2O2/c1-7-10(6-12)15-11(13-7)8-2-4-9(14)5-3-8/h2-5,14H,6,12H2,1H3. The van der Waals surface area contributed by atoms with Gasteiger partial charge in [0.05, 0.1) is 12.2 Å². The molecule has 1 aromatic carbocycles. The van der Waals surface area contributed by atoms with Gasteiger partial charge in [-0.05, 0) is 31.2 Å². The first-order chi connectivity index (χ1) is 7.20. The van der Waals surface area contributed by atoms with Crippen LogP contribution in [0.3, 0.4) is 0 Å². The number of aryl methyl sites for hydroxylation is 1. The van der Waals surface area contributed by atoms with Gasteiger partial charge >= 0.3 is 0 Å². The molecule has 0 fully saturated rings. The highest BCUT2D eigenvalue weighted by atomic mass is 16.4. The van der Waals surface area contributed by atoms with E-state index in [4.69, 9.17) is 15.3 Å². The van der Waals surface area contributed by atoms with Gasteiger partial charge in [-0.1, -0.05) is 0 Å². The topological polar surface area (TPSA) is 72.3 Å². The second kappa shape index (κ2) is 3.74. The molecule has 0 aliphatic heterocycles. The SMILES string of the molecule is Cc1nc(-c2ccc(O)cc2)oc1CN. The van der Waals surface area contributed by atoms with Gasteiger partial charge in [-0.2, -0.15) is 0 Å². The molecule has 2 rings (SSSR count). The second-order valence-corrected chi connectivity index (χ2v) is 3.28. The molecule has 0 unspecified atom stereocenters. The molecule has 78 valence electrons. The first-order valence-electron chi connectivity index (χ1n) is 4.66. The lowest BCUT2D eigenvalue weighted by atomic mass is 10.2. The lowest BCUT2D eigenvalue weighted by Gasteiger charge is -1.95. The van der Waals surface area contributed by atoms with Crippen LogP contribution in [0.1, 0.15) is 11.5 Å². The van der Waals surface area contributed by atoms with Gasteiger partial charge in [0, 0.05) is 5.56 Å². The van der Waals surface area contributed by atoms with E-state index in [1.165, 1.54) is 0 Å². The number of phenols is 1. The molecule has 0 atom stereocenters. The van der Waals surface area contributed by atoms with E-state index in [1.807, 2.05) is 6.92 Å². The van der Waals surface area contributed by atoms with Crippen molar-refractivity contribution in [2.45, 2.75) is 13.5 Å². The average Bonchev–Trinajstić information content (AvgIpc) is 2.61. The van der Waals surface area contributed by atoms with E-state index in [9.17, 15) is 0 Å². The molecule has 0 saturated carbocycles. The van der Waals surface area contributed by atoms with Gasteiger partial charge in [-0.15, -0.1) is 0 Å². The summed E-state index contributed by atoms with van der Waals surface area (Å²) in [5.74, 6) is 1.45. The molecule has 0 radical (unpaired) electrons. The molecular weight excluding hydrogens is 192 g/mol. The predicted molar refractivity (Wildman–Crippen MR) is 56.2 cm³/mol. The van der Waals surface area contributed by atoms with Crippen molar-refractivity contribution >= 4 is 0 Å². The van der Waals surface area contributed by atoms with Crippen LogP contribution in [-0.2, 0) is 6.54 Å². The number of oxazole rings is 1. The number of rotatable bonds is 2. The Morgan fingerprint density at radius 1 is 1.33 bits per heavy atom. The van der Waals surface area contributed by atoms with Crippen molar-refractivity contribution in [3.63, 3.8) is 0 Å². The van der Waals surface area contributed by atoms with Crippen LogP contribution in [0.5, 0.6) is 5.75 Å². The van der Waals surface area contributed by atoms with E-state index < -0.39 is 0 Å². The zero-order chi connectivity index (χ0) is 10.8. The van der Waals surface area contributed by atoms with Crippen molar-refractivity contribution in [2.75, 3.05) is 0 Å². The molecule has 1 heterocycles. The molecular formula is C11H12N2O2. The maximum atomic E-state index is 9.14. The third-order valence-corrected chi connectivity index (χ3v) is 2.19. The Hall–Kier alpha value is -1.81. The fourth-order valence-electron chi connectivity index (χ4n) is 1.34. The molecule has 0 amide bonds. The number of nitrogens with two attached hydrogens (primary N) is 1. The molecule has 0 spiro atoms. The fraction of sp³-hybridized carbons (Fsp3) is 0.182. The third-order valence-electron chi connectivity index (χ3n) is 2.19. The van der Waals surface area contributed by atoms with Gasteiger partial charge in [0.2, 0.25) is 5.89 Å². The van der Waals surface area contributed by atoms with Crippen LogP contribution in [0.15, 0.2) is 28.7 Å². The highest BCUT2D eigenvalue weighted by Gasteiger charge is 2.09. The van der Waals surface area contributed by atoms with Crippen molar-refractivity contribution in [3.8, 4) is 17.2 Å². The van der Waals surface area contributed by atoms with Crippen LogP contribution in [-0.4, -0.2) is 10.1 Å². The summed E-state index contributed by atoms with van der Waals surface area (Å²) >= 11 is 0. The molecule has 0 aliphatic rings. The van der Waals surface area contributed by atoms with Gasteiger partial charge in [-0.3, -0.25) is 0 Å². The lowest BCUT2D eigenvalue weighted by molar-refractivity contribution is 0.475. The third kappa shape index (κ3) is 1.85. The average molecular weight is 204 g/mol.